The van der Waals surface area contributed by atoms with Gasteiger partial charge in [-0.05, 0) is 73.7 Å². The molecule has 1 N–H and O–H groups in total. The molecule has 4 aliphatic carbocycles. The summed E-state index contributed by atoms with van der Waals surface area (Å²) in [5.74, 6) is 3.64. The van der Waals surface area contributed by atoms with Crippen molar-refractivity contribution in [3.8, 4) is 0 Å². The van der Waals surface area contributed by atoms with Gasteiger partial charge in [-0.3, -0.25) is 0 Å². The van der Waals surface area contributed by atoms with Crippen LogP contribution in [-0.2, 0) is 9.78 Å². The lowest BCUT2D eigenvalue weighted by molar-refractivity contribution is -0.497. The highest BCUT2D eigenvalue weighted by Crippen LogP contribution is 2.72. The molecule has 2 heterocycles. The fourth-order valence-corrected chi connectivity index (χ4v) is 8.71. The third-order valence-electron chi connectivity index (χ3n) is 11.1. The van der Waals surface area contributed by atoms with Crippen molar-refractivity contribution in [2.24, 2.45) is 46.3 Å². The Balaban J connectivity index is 1.45. The number of hydrogen-bond acceptors (Lipinski definition) is 3. The van der Waals surface area contributed by atoms with E-state index in [1.165, 1.54) is 25.7 Å². The maximum absolute atomic E-state index is 10.4. The second-order valence-corrected chi connectivity index (χ2v) is 12.7. The Hall–Kier alpha value is -0.640. The van der Waals surface area contributed by atoms with Gasteiger partial charge < -0.3 is 5.11 Å². The minimum absolute atomic E-state index is 0.0663. The summed E-state index contributed by atoms with van der Waals surface area (Å²) in [5, 5.41) is 10.4. The molecule has 4 fully saturated rings. The molecule has 3 heteroatoms. The minimum atomic E-state index is -0.439. The number of aliphatic hydroxyl groups is 1. The SMILES string of the molecule is CC(C)[C@@H](C)C=C[C@@H](C)[C@H]1CC[C@@H]2[C@]1(C)CC[C@H]1[C@@]23C=CC2(CC(O)CC[C@]12C)OO3. The van der Waals surface area contributed by atoms with Crippen LogP contribution in [0.1, 0.15) is 86.5 Å². The highest BCUT2D eigenvalue weighted by atomic mass is 17.2. The van der Waals surface area contributed by atoms with Gasteiger partial charge in [0, 0.05) is 23.7 Å². The third-order valence-corrected chi connectivity index (χ3v) is 11.1. The Morgan fingerprint density at radius 3 is 2.35 bits per heavy atom. The van der Waals surface area contributed by atoms with Crippen LogP contribution in [0.25, 0.3) is 0 Å². The second-order valence-electron chi connectivity index (χ2n) is 12.7. The summed E-state index contributed by atoms with van der Waals surface area (Å²) in [6.07, 6.45) is 17.0. The Morgan fingerprint density at radius 2 is 1.68 bits per heavy atom. The summed E-state index contributed by atoms with van der Waals surface area (Å²) >= 11 is 0. The minimum Gasteiger partial charge on any atom is -0.393 e. The van der Waals surface area contributed by atoms with Crippen LogP contribution in [0.2, 0.25) is 0 Å². The zero-order valence-electron chi connectivity index (χ0n) is 20.6. The molecule has 3 saturated carbocycles. The summed E-state index contributed by atoms with van der Waals surface area (Å²) in [6, 6.07) is 0. The first-order valence-electron chi connectivity index (χ1n) is 13.0. The van der Waals surface area contributed by atoms with Crippen LogP contribution in [0.3, 0.4) is 0 Å². The van der Waals surface area contributed by atoms with E-state index in [2.05, 4.69) is 65.8 Å². The molecule has 6 rings (SSSR count). The Bertz CT molecular complexity index is 772. The van der Waals surface area contributed by atoms with E-state index in [1.807, 2.05) is 0 Å². The highest BCUT2D eigenvalue weighted by Gasteiger charge is 2.74. The normalized spacial score (nSPS) is 52.8. The maximum Gasteiger partial charge on any atom is 0.130 e. The van der Waals surface area contributed by atoms with Crippen LogP contribution in [0.15, 0.2) is 24.3 Å². The summed E-state index contributed by atoms with van der Waals surface area (Å²) in [6.45, 7) is 14.4. The molecule has 2 spiro atoms. The molecule has 2 unspecified atom stereocenters. The van der Waals surface area contributed by atoms with Crippen LogP contribution >= 0.6 is 0 Å². The first-order chi connectivity index (χ1) is 14.6. The van der Waals surface area contributed by atoms with Crippen LogP contribution in [0, 0.1) is 46.3 Å². The van der Waals surface area contributed by atoms with Gasteiger partial charge in [-0.15, -0.1) is 0 Å². The van der Waals surface area contributed by atoms with Crippen LogP contribution in [-0.4, -0.2) is 22.4 Å². The molecule has 31 heavy (non-hydrogen) atoms. The van der Waals surface area contributed by atoms with Crippen molar-refractivity contribution in [1.29, 1.82) is 0 Å². The first-order valence-corrected chi connectivity index (χ1v) is 13.0. The molecule has 3 nitrogen and oxygen atoms in total. The molecule has 0 aromatic rings. The van der Waals surface area contributed by atoms with E-state index < -0.39 is 5.60 Å². The van der Waals surface area contributed by atoms with E-state index in [0.717, 1.165) is 12.8 Å². The van der Waals surface area contributed by atoms with Gasteiger partial charge in [0.05, 0.1) is 6.10 Å². The van der Waals surface area contributed by atoms with Crippen molar-refractivity contribution in [2.75, 3.05) is 0 Å². The maximum atomic E-state index is 10.4. The van der Waals surface area contributed by atoms with E-state index in [1.54, 1.807) is 0 Å². The van der Waals surface area contributed by atoms with Crippen LogP contribution in [0.4, 0.5) is 0 Å². The first kappa shape index (κ1) is 22.2. The van der Waals surface area contributed by atoms with Crippen LogP contribution in [0.5, 0.6) is 0 Å². The Labute approximate surface area is 189 Å². The molecule has 0 radical (unpaired) electrons. The van der Waals surface area contributed by atoms with Gasteiger partial charge in [-0.25, -0.2) is 9.78 Å². The van der Waals surface area contributed by atoms with Crippen molar-refractivity contribution in [3.05, 3.63) is 24.3 Å². The molecule has 6 aliphatic rings. The number of hydrogen-bond donors (Lipinski definition) is 1. The number of aliphatic hydroxyl groups excluding tert-OH is 1. The van der Waals surface area contributed by atoms with Crippen molar-refractivity contribution in [2.45, 2.75) is 104 Å². The number of rotatable bonds is 4. The molecule has 0 aromatic carbocycles. The Kier molecular flexibility index (Phi) is 5.13. The monoisotopic (exact) mass is 428 g/mol. The number of allylic oxidation sites excluding steroid dienone is 2. The molecule has 10 atom stereocenters. The van der Waals surface area contributed by atoms with E-state index in [9.17, 15) is 5.11 Å². The van der Waals surface area contributed by atoms with Gasteiger partial charge in [0.15, 0.2) is 0 Å². The molecule has 2 bridgehead atoms. The van der Waals surface area contributed by atoms with Crippen molar-refractivity contribution < 1.29 is 14.9 Å². The zero-order chi connectivity index (χ0) is 22.2. The van der Waals surface area contributed by atoms with Gasteiger partial charge in [0.25, 0.3) is 0 Å². The molecular weight excluding hydrogens is 384 g/mol. The largest absolute Gasteiger partial charge is 0.393 e. The molecule has 0 aromatic heterocycles. The Morgan fingerprint density at radius 1 is 0.903 bits per heavy atom. The molecule has 174 valence electrons. The average Bonchev–Trinajstić information content (AvgIpc) is 3.09. The fraction of sp³-hybridized carbons (Fsp3) is 0.857. The second kappa shape index (κ2) is 7.18. The average molecular weight is 429 g/mol. The predicted octanol–water partition coefficient (Wildman–Crippen LogP) is 6.47. The van der Waals surface area contributed by atoms with Gasteiger partial charge >= 0.3 is 0 Å². The molecule has 0 amide bonds. The van der Waals surface area contributed by atoms with Crippen molar-refractivity contribution in [1.82, 2.24) is 0 Å². The summed E-state index contributed by atoms with van der Waals surface area (Å²) < 4.78 is 0. The van der Waals surface area contributed by atoms with E-state index in [0.29, 0.717) is 41.9 Å². The van der Waals surface area contributed by atoms with Gasteiger partial charge in [-0.2, -0.15) is 0 Å². The molecular formula is C28H44O3. The van der Waals surface area contributed by atoms with Gasteiger partial charge in [0.1, 0.15) is 11.2 Å². The molecule has 2 aliphatic heterocycles. The quantitative estimate of drug-likeness (QED) is 0.412. The lowest BCUT2D eigenvalue weighted by Crippen LogP contribution is -2.73. The summed E-state index contributed by atoms with van der Waals surface area (Å²) in [5.41, 5.74) is -0.366. The third kappa shape index (κ3) is 2.88. The van der Waals surface area contributed by atoms with Crippen molar-refractivity contribution >= 4 is 0 Å². The van der Waals surface area contributed by atoms with Crippen LogP contribution < -0.4 is 0 Å². The summed E-state index contributed by atoms with van der Waals surface area (Å²) in [7, 11) is 0. The zero-order valence-corrected chi connectivity index (χ0v) is 20.6. The fourth-order valence-electron chi connectivity index (χ4n) is 8.71. The van der Waals surface area contributed by atoms with Gasteiger partial charge in [-0.1, -0.05) is 59.8 Å². The predicted molar refractivity (Wildman–Crippen MR) is 124 cm³/mol. The lowest BCUT2D eigenvalue weighted by atomic mass is 9.43. The summed E-state index contributed by atoms with van der Waals surface area (Å²) in [4.78, 5) is 12.8. The van der Waals surface area contributed by atoms with Gasteiger partial charge in [0.2, 0.25) is 0 Å². The number of fused-ring (bicyclic) bond motifs is 2. The van der Waals surface area contributed by atoms with Crippen molar-refractivity contribution in [3.63, 3.8) is 0 Å². The van der Waals surface area contributed by atoms with E-state index >= 15 is 0 Å². The molecule has 1 saturated heterocycles. The van der Waals surface area contributed by atoms with E-state index in [4.69, 9.17) is 9.78 Å². The topological polar surface area (TPSA) is 38.7 Å². The smallest absolute Gasteiger partial charge is 0.130 e. The van der Waals surface area contributed by atoms with E-state index in [-0.39, 0.29) is 22.5 Å². The highest BCUT2D eigenvalue weighted by molar-refractivity contribution is 5.33. The lowest BCUT2D eigenvalue weighted by Gasteiger charge is -2.69. The standard InChI is InChI=1S/C28H44O3/c1-18(2)19(3)7-8-20(4)22-9-10-23-25(22,5)13-12-24-26(6)14-11-21(29)17-27(26)15-16-28(23,24)31-30-27/h7-8,15-16,18-24,29H,9-14,17H2,1-6H3/t19-,20+,21?,22+,23+,24+,25+,26+,27?,28+/m0/s1.